The van der Waals surface area contributed by atoms with Crippen molar-refractivity contribution in [3.8, 4) is 11.4 Å². The van der Waals surface area contributed by atoms with Gasteiger partial charge in [-0.05, 0) is 25.7 Å². The molecule has 0 atom stereocenters. The molecule has 1 aromatic carbocycles. The number of aliphatic hydroxyl groups is 1. The van der Waals surface area contributed by atoms with Crippen molar-refractivity contribution in [2.45, 2.75) is 31.3 Å². The van der Waals surface area contributed by atoms with Crippen LogP contribution in [-0.2, 0) is 4.79 Å². The molecule has 1 heterocycles. The molecule has 0 spiro atoms. The van der Waals surface area contributed by atoms with E-state index >= 15 is 0 Å². The van der Waals surface area contributed by atoms with Crippen LogP contribution in [0, 0.1) is 0 Å². The molecular weight excluding hydrogens is 272 g/mol. The van der Waals surface area contributed by atoms with Crippen molar-refractivity contribution in [2.24, 2.45) is 0 Å². The summed E-state index contributed by atoms with van der Waals surface area (Å²) in [5.74, 6) is -0.0496. The highest BCUT2D eigenvalue weighted by Crippen LogP contribution is 2.29. The lowest BCUT2D eigenvalue weighted by Crippen LogP contribution is -2.46. The molecule has 7 nitrogen and oxygen atoms in total. The van der Waals surface area contributed by atoms with Crippen molar-refractivity contribution in [1.29, 1.82) is 0 Å². The van der Waals surface area contributed by atoms with Gasteiger partial charge < -0.3 is 9.63 Å². The Morgan fingerprint density at radius 2 is 1.95 bits per heavy atom. The molecule has 1 saturated carbocycles. The standard InChI is InChI=1S/C14H16N4O3/c19-12(14(20)8-4-5-9-14)16-17-13-15-11(18-21-13)10-6-2-1-3-7-10/h1-3,6-7,20H,4-5,8-9H2,(H,16,19)(H,15,17,18). The fraction of sp³-hybridized carbons (Fsp3) is 0.357. The Labute approximate surface area is 121 Å². The first-order valence-corrected chi connectivity index (χ1v) is 6.85. The highest BCUT2D eigenvalue weighted by Gasteiger charge is 2.38. The second kappa shape index (κ2) is 5.53. The van der Waals surface area contributed by atoms with Gasteiger partial charge in [0.05, 0.1) is 0 Å². The third kappa shape index (κ3) is 2.87. The van der Waals surface area contributed by atoms with E-state index in [2.05, 4.69) is 21.0 Å². The first-order chi connectivity index (χ1) is 10.2. The molecule has 0 saturated heterocycles. The van der Waals surface area contributed by atoms with Crippen LogP contribution in [0.15, 0.2) is 34.9 Å². The summed E-state index contributed by atoms with van der Waals surface area (Å²) >= 11 is 0. The van der Waals surface area contributed by atoms with Gasteiger partial charge in [0.25, 0.3) is 5.91 Å². The molecule has 7 heteroatoms. The van der Waals surface area contributed by atoms with Crippen molar-refractivity contribution in [1.82, 2.24) is 15.6 Å². The van der Waals surface area contributed by atoms with Gasteiger partial charge in [0.15, 0.2) is 0 Å². The summed E-state index contributed by atoms with van der Waals surface area (Å²) in [5, 5.41) is 13.9. The zero-order chi connectivity index (χ0) is 14.7. The molecule has 2 aromatic rings. The molecule has 1 aliphatic rings. The zero-order valence-electron chi connectivity index (χ0n) is 11.4. The molecule has 0 unspecified atom stereocenters. The van der Waals surface area contributed by atoms with Gasteiger partial charge in [0.1, 0.15) is 5.60 Å². The van der Waals surface area contributed by atoms with Crippen molar-refractivity contribution >= 4 is 11.9 Å². The van der Waals surface area contributed by atoms with Gasteiger partial charge in [0.2, 0.25) is 5.82 Å². The number of amides is 1. The molecule has 3 rings (SSSR count). The van der Waals surface area contributed by atoms with Gasteiger partial charge in [-0.1, -0.05) is 35.5 Å². The minimum absolute atomic E-state index is 0.0730. The molecule has 21 heavy (non-hydrogen) atoms. The van der Waals surface area contributed by atoms with Crippen LogP contribution in [-0.4, -0.2) is 26.8 Å². The zero-order valence-corrected chi connectivity index (χ0v) is 11.4. The van der Waals surface area contributed by atoms with E-state index < -0.39 is 11.5 Å². The van der Waals surface area contributed by atoms with Crippen molar-refractivity contribution in [2.75, 3.05) is 5.43 Å². The summed E-state index contributed by atoms with van der Waals surface area (Å²) in [7, 11) is 0. The fourth-order valence-electron chi connectivity index (χ4n) is 2.39. The van der Waals surface area contributed by atoms with E-state index in [0.29, 0.717) is 18.7 Å². The van der Waals surface area contributed by atoms with Crippen LogP contribution in [0.3, 0.4) is 0 Å². The SMILES string of the molecule is O=C(NNc1nc(-c2ccccc2)no1)C1(O)CCCC1. The fourth-order valence-corrected chi connectivity index (χ4v) is 2.39. The van der Waals surface area contributed by atoms with Gasteiger partial charge in [0, 0.05) is 5.56 Å². The Bertz CT molecular complexity index is 620. The molecule has 1 fully saturated rings. The first-order valence-electron chi connectivity index (χ1n) is 6.85. The monoisotopic (exact) mass is 288 g/mol. The molecule has 3 N–H and O–H groups in total. The molecule has 1 amide bonds. The minimum Gasteiger partial charge on any atom is -0.380 e. The summed E-state index contributed by atoms with van der Waals surface area (Å²) in [6.45, 7) is 0. The number of nitrogens with one attached hydrogen (secondary N) is 2. The minimum atomic E-state index is -1.30. The van der Waals surface area contributed by atoms with E-state index in [9.17, 15) is 9.90 Å². The Kier molecular flexibility index (Phi) is 3.57. The summed E-state index contributed by atoms with van der Waals surface area (Å²) in [5.41, 5.74) is 4.47. The van der Waals surface area contributed by atoms with Crippen molar-refractivity contribution in [3.05, 3.63) is 30.3 Å². The Balaban J connectivity index is 1.62. The molecule has 0 aliphatic heterocycles. The highest BCUT2D eigenvalue weighted by molar-refractivity contribution is 5.85. The number of nitrogens with zero attached hydrogens (tertiary/aromatic N) is 2. The molecule has 1 aliphatic carbocycles. The summed E-state index contributed by atoms with van der Waals surface area (Å²) in [6.07, 6.45) is 2.64. The van der Waals surface area contributed by atoms with Crippen LogP contribution >= 0.6 is 0 Å². The maximum atomic E-state index is 11.9. The molecular formula is C14H16N4O3. The van der Waals surface area contributed by atoms with Crippen LogP contribution in [0.1, 0.15) is 25.7 Å². The second-order valence-electron chi connectivity index (χ2n) is 5.11. The molecule has 1 aromatic heterocycles. The predicted molar refractivity (Wildman–Crippen MR) is 74.9 cm³/mol. The van der Waals surface area contributed by atoms with Crippen molar-refractivity contribution < 1.29 is 14.4 Å². The van der Waals surface area contributed by atoms with E-state index in [-0.39, 0.29) is 6.01 Å². The Hall–Kier alpha value is -2.41. The summed E-state index contributed by atoms with van der Waals surface area (Å²) in [4.78, 5) is 16.0. The summed E-state index contributed by atoms with van der Waals surface area (Å²) < 4.78 is 5.00. The molecule has 0 bridgehead atoms. The predicted octanol–water partition coefficient (Wildman–Crippen LogP) is 1.48. The largest absolute Gasteiger partial charge is 0.380 e. The number of rotatable bonds is 4. The number of hydrazine groups is 1. The van der Waals surface area contributed by atoms with E-state index in [4.69, 9.17) is 4.52 Å². The first kappa shape index (κ1) is 13.6. The quantitative estimate of drug-likeness (QED) is 0.737. The number of carbonyl (C=O) groups excluding carboxylic acids is 1. The smallest absolute Gasteiger partial charge is 0.340 e. The van der Waals surface area contributed by atoms with Gasteiger partial charge >= 0.3 is 6.01 Å². The normalized spacial score (nSPS) is 16.6. The van der Waals surface area contributed by atoms with Crippen LogP contribution < -0.4 is 10.9 Å². The number of hydrogen-bond acceptors (Lipinski definition) is 6. The van der Waals surface area contributed by atoms with Gasteiger partial charge in [-0.15, -0.1) is 0 Å². The highest BCUT2D eigenvalue weighted by atomic mass is 16.5. The third-order valence-corrected chi connectivity index (χ3v) is 3.59. The topological polar surface area (TPSA) is 100 Å². The summed E-state index contributed by atoms with van der Waals surface area (Å²) in [6, 6.07) is 9.42. The third-order valence-electron chi connectivity index (χ3n) is 3.59. The van der Waals surface area contributed by atoms with E-state index in [0.717, 1.165) is 18.4 Å². The lowest BCUT2D eigenvalue weighted by atomic mass is 10.0. The Morgan fingerprint density at radius 1 is 1.24 bits per heavy atom. The average molecular weight is 288 g/mol. The number of anilines is 1. The van der Waals surface area contributed by atoms with Crippen LogP contribution in [0.2, 0.25) is 0 Å². The maximum Gasteiger partial charge on any atom is 0.340 e. The van der Waals surface area contributed by atoms with Gasteiger partial charge in [-0.2, -0.15) is 4.98 Å². The average Bonchev–Trinajstić information content (AvgIpc) is 3.15. The molecule has 110 valence electrons. The second-order valence-corrected chi connectivity index (χ2v) is 5.11. The number of carbonyl (C=O) groups is 1. The van der Waals surface area contributed by atoms with E-state index in [1.54, 1.807) is 0 Å². The van der Waals surface area contributed by atoms with Crippen LogP contribution in [0.5, 0.6) is 0 Å². The Morgan fingerprint density at radius 3 is 2.67 bits per heavy atom. The lowest BCUT2D eigenvalue weighted by Gasteiger charge is -2.20. The van der Waals surface area contributed by atoms with Crippen LogP contribution in [0.25, 0.3) is 11.4 Å². The van der Waals surface area contributed by atoms with Crippen LogP contribution in [0.4, 0.5) is 6.01 Å². The molecule has 0 radical (unpaired) electrons. The number of aromatic nitrogens is 2. The number of benzene rings is 1. The van der Waals surface area contributed by atoms with Gasteiger partial charge in [-0.25, -0.2) is 5.43 Å². The van der Waals surface area contributed by atoms with Crippen molar-refractivity contribution in [3.63, 3.8) is 0 Å². The van der Waals surface area contributed by atoms with Gasteiger partial charge in [-0.3, -0.25) is 10.2 Å². The lowest BCUT2D eigenvalue weighted by molar-refractivity contribution is -0.138. The maximum absolute atomic E-state index is 11.9. The van der Waals surface area contributed by atoms with E-state index in [1.807, 2.05) is 30.3 Å². The van der Waals surface area contributed by atoms with E-state index in [1.165, 1.54) is 0 Å². The number of hydrogen-bond donors (Lipinski definition) is 3.